The molecule has 2 aromatic rings. The second-order valence-electron chi connectivity index (χ2n) is 4.34. The maximum Gasteiger partial charge on any atom is 0.0659 e. The van der Waals surface area contributed by atoms with E-state index < -0.39 is 0 Å². The molecule has 0 saturated carbocycles. The Morgan fingerprint density at radius 1 is 1.26 bits per heavy atom. The third kappa shape index (κ3) is 4.78. The Balaban J connectivity index is 1.85. The molecule has 1 heterocycles. The van der Waals surface area contributed by atoms with Crippen LogP contribution in [0.4, 0.5) is 0 Å². The number of halogens is 1. The van der Waals surface area contributed by atoms with Gasteiger partial charge in [-0.3, -0.25) is 4.68 Å². The van der Waals surface area contributed by atoms with Crippen LogP contribution in [0.5, 0.6) is 0 Å². The van der Waals surface area contributed by atoms with E-state index in [-0.39, 0.29) is 0 Å². The van der Waals surface area contributed by atoms with Gasteiger partial charge in [0.1, 0.15) is 0 Å². The predicted molar refractivity (Wildman–Crippen MR) is 79.1 cm³/mol. The summed E-state index contributed by atoms with van der Waals surface area (Å²) in [6.45, 7) is 3.20. The first-order valence-electron chi connectivity index (χ1n) is 6.23. The van der Waals surface area contributed by atoms with Crippen molar-refractivity contribution in [1.82, 2.24) is 15.1 Å². The largest absolute Gasteiger partial charge is 0.383 e. The number of benzene rings is 1. The van der Waals surface area contributed by atoms with E-state index in [1.165, 1.54) is 11.1 Å². The van der Waals surface area contributed by atoms with Crippen molar-refractivity contribution in [2.75, 3.05) is 20.3 Å². The van der Waals surface area contributed by atoms with Gasteiger partial charge in [-0.2, -0.15) is 5.10 Å². The fourth-order valence-corrected chi connectivity index (χ4v) is 2.03. The highest BCUT2D eigenvalue weighted by Gasteiger charge is 2.00. The Morgan fingerprint density at radius 3 is 2.79 bits per heavy atom. The van der Waals surface area contributed by atoms with Gasteiger partial charge in [-0.05, 0) is 17.7 Å². The van der Waals surface area contributed by atoms with Gasteiger partial charge in [0, 0.05) is 36.4 Å². The van der Waals surface area contributed by atoms with Gasteiger partial charge in [-0.15, -0.1) is 0 Å². The molecule has 0 amide bonds. The lowest BCUT2D eigenvalue weighted by atomic mass is 10.2. The zero-order valence-electron chi connectivity index (χ0n) is 11.0. The molecule has 1 aromatic heterocycles. The minimum absolute atomic E-state index is 0.729. The first-order valence-corrected chi connectivity index (χ1v) is 7.02. The zero-order valence-corrected chi connectivity index (χ0v) is 12.6. The quantitative estimate of drug-likeness (QED) is 0.795. The van der Waals surface area contributed by atoms with Crippen molar-refractivity contribution in [2.24, 2.45) is 0 Å². The molecular formula is C14H18BrN3O. The molecule has 4 nitrogen and oxygen atoms in total. The summed E-state index contributed by atoms with van der Waals surface area (Å²) in [5, 5.41) is 7.67. The van der Waals surface area contributed by atoms with E-state index in [0.717, 1.165) is 30.7 Å². The van der Waals surface area contributed by atoms with E-state index in [0.29, 0.717) is 0 Å². The van der Waals surface area contributed by atoms with Crippen LogP contribution < -0.4 is 5.32 Å². The molecule has 5 heteroatoms. The molecule has 102 valence electrons. The number of nitrogens with one attached hydrogen (secondary N) is 1. The molecule has 0 aliphatic rings. The van der Waals surface area contributed by atoms with Crippen molar-refractivity contribution in [3.8, 4) is 0 Å². The Hall–Kier alpha value is -1.17. The predicted octanol–water partition coefficient (Wildman–Crippen LogP) is 2.43. The van der Waals surface area contributed by atoms with Crippen LogP contribution in [0.3, 0.4) is 0 Å². The Morgan fingerprint density at radius 2 is 2.05 bits per heavy atom. The van der Waals surface area contributed by atoms with Crippen LogP contribution in [0.2, 0.25) is 0 Å². The summed E-state index contributed by atoms with van der Waals surface area (Å²) >= 11 is 3.44. The monoisotopic (exact) mass is 323 g/mol. The molecule has 0 saturated heterocycles. The molecule has 0 radical (unpaired) electrons. The summed E-state index contributed by atoms with van der Waals surface area (Å²) in [6.07, 6.45) is 3.97. The highest BCUT2D eigenvalue weighted by atomic mass is 79.9. The fraction of sp³-hybridized carbons (Fsp3) is 0.357. The Kier molecular flexibility index (Phi) is 5.57. The number of methoxy groups -OCH3 is 1. The highest BCUT2D eigenvalue weighted by molar-refractivity contribution is 9.10. The molecule has 0 aliphatic carbocycles. The number of hydrogen-bond acceptors (Lipinski definition) is 3. The first-order chi connectivity index (χ1) is 9.28. The van der Waals surface area contributed by atoms with Gasteiger partial charge in [0.05, 0.1) is 19.3 Å². The van der Waals surface area contributed by atoms with E-state index in [1.807, 2.05) is 23.0 Å². The van der Waals surface area contributed by atoms with Crippen LogP contribution in [-0.4, -0.2) is 30.0 Å². The van der Waals surface area contributed by atoms with Crippen molar-refractivity contribution in [2.45, 2.75) is 13.1 Å². The molecule has 0 unspecified atom stereocenters. The minimum atomic E-state index is 0.729. The van der Waals surface area contributed by atoms with Crippen LogP contribution in [0, 0.1) is 0 Å². The van der Waals surface area contributed by atoms with Gasteiger partial charge < -0.3 is 10.1 Å². The van der Waals surface area contributed by atoms with Gasteiger partial charge in [0.2, 0.25) is 0 Å². The number of nitrogens with zero attached hydrogens (tertiary/aromatic N) is 2. The van der Waals surface area contributed by atoms with Gasteiger partial charge in [-0.25, -0.2) is 0 Å². The topological polar surface area (TPSA) is 39.1 Å². The average molecular weight is 324 g/mol. The van der Waals surface area contributed by atoms with Crippen molar-refractivity contribution < 1.29 is 4.74 Å². The van der Waals surface area contributed by atoms with E-state index in [9.17, 15) is 0 Å². The van der Waals surface area contributed by atoms with E-state index >= 15 is 0 Å². The SMILES string of the molecule is COCCNCc1cnn(Cc2ccc(Br)cc2)c1. The first kappa shape index (κ1) is 14.2. The Bertz CT molecular complexity index is 496. The Labute approximate surface area is 121 Å². The van der Waals surface area contributed by atoms with Gasteiger partial charge in [0.15, 0.2) is 0 Å². The summed E-state index contributed by atoms with van der Waals surface area (Å²) in [6, 6.07) is 8.29. The standard InChI is InChI=1S/C14H18BrN3O/c1-19-7-6-16-8-13-9-17-18(11-13)10-12-2-4-14(15)5-3-12/h2-5,9,11,16H,6-8,10H2,1H3. The molecule has 0 fully saturated rings. The van der Waals surface area contributed by atoms with Crippen molar-refractivity contribution in [3.63, 3.8) is 0 Å². The number of hydrogen-bond donors (Lipinski definition) is 1. The third-order valence-corrected chi connectivity index (χ3v) is 3.29. The molecule has 0 aliphatic heterocycles. The second-order valence-corrected chi connectivity index (χ2v) is 5.26. The molecular weight excluding hydrogens is 306 g/mol. The van der Waals surface area contributed by atoms with Crippen LogP contribution in [0.15, 0.2) is 41.1 Å². The van der Waals surface area contributed by atoms with Gasteiger partial charge in [0.25, 0.3) is 0 Å². The lowest BCUT2D eigenvalue weighted by Crippen LogP contribution is -2.18. The molecule has 0 bridgehead atoms. The van der Waals surface area contributed by atoms with Gasteiger partial charge >= 0.3 is 0 Å². The van der Waals surface area contributed by atoms with E-state index in [1.54, 1.807) is 7.11 Å². The van der Waals surface area contributed by atoms with Crippen molar-refractivity contribution in [1.29, 1.82) is 0 Å². The smallest absolute Gasteiger partial charge is 0.0659 e. The van der Waals surface area contributed by atoms with E-state index in [2.05, 4.69) is 44.7 Å². The summed E-state index contributed by atoms with van der Waals surface area (Å²) < 4.78 is 8.04. The van der Waals surface area contributed by atoms with Crippen molar-refractivity contribution >= 4 is 15.9 Å². The van der Waals surface area contributed by atoms with Crippen molar-refractivity contribution in [3.05, 3.63) is 52.3 Å². The number of ether oxygens (including phenoxy) is 1. The molecule has 1 aromatic carbocycles. The van der Waals surface area contributed by atoms with Crippen LogP contribution in [0.1, 0.15) is 11.1 Å². The molecule has 19 heavy (non-hydrogen) atoms. The zero-order chi connectivity index (χ0) is 13.5. The maximum atomic E-state index is 4.99. The maximum absolute atomic E-state index is 4.99. The summed E-state index contributed by atoms with van der Waals surface area (Å²) in [5.41, 5.74) is 2.43. The van der Waals surface area contributed by atoms with Crippen LogP contribution >= 0.6 is 15.9 Å². The fourth-order valence-electron chi connectivity index (χ4n) is 1.77. The minimum Gasteiger partial charge on any atom is -0.383 e. The highest BCUT2D eigenvalue weighted by Crippen LogP contribution is 2.11. The number of rotatable bonds is 7. The molecule has 2 rings (SSSR count). The molecule has 0 atom stereocenters. The van der Waals surface area contributed by atoms with E-state index in [4.69, 9.17) is 4.74 Å². The molecule has 1 N–H and O–H groups in total. The third-order valence-electron chi connectivity index (χ3n) is 2.76. The van der Waals surface area contributed by atoms with Crippen LogP contribution in [-0.2, 0) is 17.8 Å². The van der Waals surface area contributed by atoms with Crippen LogP contribution in [0.25, 0.3) is 0 Å². The lowest BCUT2D eigenvalue weighted by Gasteiger charge is -2.02. The van der Waals surface area contributed by atoms with Gasteiger partial charge in [-0.1, -0.05) is 28.1 Å². The average Bonchev–Trinajstić information content (AvgIpc) is 2.85. The normalized spacial score (nSPS) is 10.8. The summed E-state index contributed by atoms with van der Waals surface area (Å²) in [5.74, 6) is 0. The molecule has 0 spiro atoms. The lowest BCUT2D eigenvalue weighted by molar-refractivity contribution is 0.199. The summed E-state index contributed by atoms with van der Waals surface area (Å²) in [4.78, 5) is 0. The number of aromatic nitrogens is 2. The second kappa shape index (κ2) is 7.43. The summed E-state index contributed by atoms with van der Waals surface area (Å²) in [7, 11) is 1.71.